The van der Waals surface area contributed by atoms with Gasteiger partial charge in [-0.3, -0.25) is 0 Å². The van der Waals surface area contributed by atoms with Crippen molar-refractivity contribution in [3.63, 3.8) is 0 Å². The van der Waals surface area contributed by atoms with Crippen molar-refractivity contribution in [2.24, 2.45) is 29.1 Å². The van der Waals surface area contributed by atoms with Gasteiger partial charge in [-0.25, -0.2) is 0 Å². The van der Waals surface area contributed by atoms with Crippen LogP contribution in [0.5, 0.6) is 5.75 Å². The quantitative estimate of drug-likeness (QED) is 0.757. The molecule has 2 N–H and O–H groups in total. The molecule has 2 heteroatoms. The van der Waals surface area contributed by atoms with E-state index in [4.69, 9.17) is 0 Å². The number of benzene rings is 1. The molecule has 0 heterocycles. The maximum Gasteiger partial charge on any atom is 0.115 e. The second-order valence-corrected chi connectivity index (χ2v) is 8.43. The van der Waals surface area contributed by atoms with Crippen molar-refractivity contribution in [1.82, 2.24) is 0 Å². The van der Waals surface area contributed by atoms with Gasteiger partial charge in [-0.2, -0.15) is 0 Å². The third-order valence-electron chi connectivity index (χ3n) is 7.58. The highest BCUT2D eigenvalue weighted by Gasteiger charge is 2.59. The average molecular weight is 300 g/mol. The average Bonchev–Trinajstić information content (AvgIpc) is 2.68. The van der Waals surface area contributed by atoms with Crippen LogP contribution in [0.3, 0.4) is 0 Å². The van der Waals surface area contributed by atoms with Crippen molar-refractivity contribution in [3.05, 3.63) is 29.3 Å². The standard InChI is InChI=1S/C20H28O2/c1-11-12(2)19(22)20(3)9-8-16-15-7-5-14(21)10-13(15)4-6-17(16)18(11)20/h5,7,10-12,16-19,21-22H,4,6,8-9H2,1-3H3/t11?,12?,16-,17-,18+,19?,20+/m1/s1. The molecule has 1 aromatic carbocycles. The normalized spacial score (nSPS) is 46.7. The van der Waals surface area contributed by atoms with Crippen LogP contribution in [-0.2, 0) is 6.42 Å². The first-order chi connectivity index (χ1) is 10.4. The Morgan fingerprint density at radius 3 is 2.68 bits per heavy atom. The van der Waals surface area contributed by atoms with Crippen molar-refractivity contribution in [1.29, 1.82) is 0 Å². The summed E-state index contributed by atoms with van der Waals surface area (Å²) in [4.78, 5) is 0. The fraction of sp³-hybridized carbons (Fsp3) is 0.700. The zero-order valence-corrected chi connectivity index (χ0v) is 13.9. The summed E-state index contributed by atoms with van der Waals surface area (Å²) in [7, 11) is 0. The van der Waals surface area contributed by atoms with Gasteiger partial charge in [0.1, 0.15) is 5.75 Å². The molecular formula is C20H28O2. The Morgan fingerprint density at radius 2 is 1.91 bits per heavy atom. The summed E-state index contributed by atoms with van der Waals surface area (Å²) >= 11 is 0. The lowest BCUT2D eigenvalue weighted by Gasteiger charge is -2.51. The molecule has 120 valence electrons. The maximum atomic E-state index is 10.8. The second-order valence-electron chi connectivity index (χ2n) is 8.43. The van der Waals surface area contributed by atoms with Crippen LogP contribution in [-0.4, -0.2) is 16.3 Å². The van der Waals surface area contributed by atoms with Gasteiger partial charge in [-0.15, -0.1) is 0 Å². The van der Waals surface area contributed by atoms with Gasteiger partial charge in [0.05, 0.1) is 6.10 Å². The number of aromatic hydroxyl groups is 1. The third-order valence-corrected chi connectivity index (χ3v) is 7.58. The molecule has 0 aromatic heterocycles. The van der Waals surface area contributed by atoms with Crippen LogP contribution in [0.4, 0.5) is 0 Å². The molecule has 22 heavy (non-hydrogen) atoms. The highest BCUT2D eigenvalue weighted by molar-refractivity contribution is 5.40. The molecule has 0 aliphatic heterocycles. The Labute approximate surface area is 133 Å². The van der Waals surface area contributed by atoms with Crippen LogP contribution in [0.1, 0.15) is 57.1 Å². The minimum absolute atomic E-state index is 0.106. The number of fused-ring (bicyclic) bond motifs is 5. The minimum atomic E-state index is -0.144. The molecule has 0 spiro atoms. The van der Waals surface area contributed by atoms with Crippen LogP contribution >= 0.6 is 0 Å². The molecule has 3 aliphatic rings. The lowest BCUT2D eigenvalue weighted by molar-refractivity contribution is -0.0339. The van der Waals surface area contributed by atoms with Gasteiger partial charge < -0.3 is 10.2 Å². The van der Waals surface area contributed by atoms with Gasteiger partial charge in [0.2, 0.25) is 0 Å². The highest BCUT2D eigenvalue weighted by Crippen LogP contribution is 2.64. The third kappa shape index (κ3) is 1.76. The molecule has 0 radical (unpaired) electrons. The van der Waals surface area contributed by atoms with Crippen LogP contribution in [0.25, 0.3) is 0 Å². The monoisotopic (exact) mass is 300 g/mol. The molecular weight excluding hydrogens is 272 g/mol. The van der Waals surface area contributed by atoms with Gasteiger partial charge in [0, 0.05) is 0 Å². The molecule has 2 fully saturated rings. The SMILES string of the molecule is CC1C(C)[C@H]2[C@@H]3CCc4cc(O)ccc4[C@H]3CC[C@]2(C)C1O. The Bertz CT molecular complexity index is 595. The molecule has 4 rings (SSSR count). The number of hydrogen-bond donors (Lipinski definition) is 2. The summed E-state index contributed by atoms with van der Waals surface area (Å²) in [6, 6.07) is 5.98. The van der Waals surface area contributed by atoms with Crippen molar-refractivity contribution in [3.8, 4) is 5.75 Å². The number of aliphatic hydroxyl groups is 1. The van der Waals surface area contributed by atoms with E-state index in [1.165, 1.54) is 24.0 Å². The largest absolute Gasteiger partial charge is 0.508 e. The van der Waals surface area contributed by atoms with Gasteiger partial charge >= 0.3 is 0 Å². The lowest BCUT2D eigenvalue weighted by Crippen LogP contribution is -2.45. The molecule has 2 saturated carbocycles. The Hall–Kier alpha value is -1.02. The van der Waals surface area contributed by atoms with E-state index in [1.807, 2.05) is 12.1 Å². The van der Waals surface area contributed by atoms with E-state index in [1.54, 1.807) is 0 Å². The summed E-state index contributed by atoms with van der Waals surface area (Å²) in [6.45, 7) is 6.94. The number of aryl methyl sites for hydroxylation is 1. The molecule has 3 unspecified atom stereocenters. The number of hydrogen-bond acceptors (Lipinski definition) is 2. The maximum absolute atomic E-state index is 10.8. The minimum Gasteiger partial charge on any atom is -0.508 e. The fourth-order valence-corrected chi connectivity index (χ4v) is 6.40. The predicted molar refractivity (Wildman–Crippen MR) is 87.8 cm³/mol. The molecule has 1 aromatic rings. The van der Waals surface area contributed by atoms with E-state index in [0.29, 0.717) is 35.3 Å². The first-order valence-electron chi connectivity index (χ1n) is 8.93. The summed E-state index contributed by atoms with van der Waals surface area (Å²) in [5.74, 6) is 3.38. The molecule has 2 nitrogen and oxygen atoms in total. The summed E-state index contributed by atoms with van der Waals surface area (Å²) in [5, 5.41) is 20.6. The smallest absolute Gasteiger partial charge is 0.115 e. The Kier molecular flexibility index (Phi) is 3.14. The van der Waals surface area contributed by atoms with E-state index < -0.39 is 0 Å². The lowest BCUT2D eigenvalue weighted by atomic mass is 9.54. The zero-order valence-electron chi connectivity index (χ0n) is 13.9. The molecule has 7 atom stereocenters. The van der Waals surface area contributed by atoms with Crippen LogP contribution in [0, 0.1) is 29.1 Å². The van der Waals surface area contributed by atoms with Gasteiger partial charge in [-0.1, -0.05) is 26.8 Å². The summed E-state index contributed by atoms with van der Waals surface area (Å²) in [6.07, 6.45) is 4.47. The van der Waals surface area contributed by atoms with Crippen LogP contribution < -0.4 is 0 Å². The van der Waals surface area contributed by atoms with E-state index in [-0.39, 0.29) is 11.5 Å². The van der Waals surface area contributed by atoms with Crippen LogP contribution in [0.15, 0.2) is 18.2 Å². The number of phenols is 1. The summed E-state index contributed by atoms with van der Waals surface area (Å²) < 4.78 is 0. The number of phenolic OH excluding ortho intramolecular Hbond substituents is 1. The molecule has 0 amide bonds. The first-order valence-corrected chi connectivity index (χ1v) is 8.93. The van der Waals surface area contributed by atoms with Crippen molar-refractivity contribution in [2.75, 3.05) is 0 Å². The predicted octanol–water partition coefficient (Wildman–Crippen LogP) is 4.10. The fourth-order valence-electron chi connectivity index (χ4n) is 6.40. The first kappa shape index (κ1) is 14.6. The topological polar surface area (TPSA) is 40.5 Å². The van der Waals surface area contributed by atoms with Crippen molar-refractivity contribution >= 4 is 0 Å². The molecule has 0 saturated heterocycles. The Balaban J connectivity index is 1.74. The summed E-state index contributed by atoms with van der Waals surface area (Å²) in [5.41, 5.74) is 2.93. The van der Waals surface area contributed by atoms with E-state index in [2.05, 4.69) is 26.8 Å². The van der Waals surface area contributed by atoms with Gasteiger partial charge in [0.25, 0.3) is 0 Å². The number of aliphatic hydroxyl groups excluding tert-OH is 1. The second kappa shape index (κ2) is 4.74. The van der Waals surface area contributed by atoms with Gasteiger partial charge in [-0.05, 0) is 83.9 Å². The molecule has 0 bridgehead atoms. The zero-order chi connectivity index (χ0) is 15.6. The van der Waals surface area contributed by atoms with Crippen LogP contribution in [0.2, 0.25) is 0 Å². The molecule has 3 aliphatic carbocycles. The Morgan fingerprint density at radius 1 is 1.14 bits per heavy atom. The van der Waals surface area contributed by atoms with Gasteiger partial charge in [0.15, 0.2) is 0 Å². The van der Waals surface area contributed by atoms with Crippen molar-refractivity contribution in [2.45, 2.75) is 58.5 Å². The van der Waals surface area contributed by atoms with E-state index in [9.17, 15) is 10.2 Å². The highest BCUT2D eigenvalue weighted by atomic mass is 16.3. The number of rotatable bonds is 0. The van der Waals surface area contributed by atoms with E-state index in [0.717, 1.165) is 12.8 Å². The van der Waals surface area contributed by atoms with Crippen molar-refractivity contribution < 1.29 is 10.2 Å². The van der Waals surface area contributed by atoms with E-state index >= 15 is 0 Å².